The third-order valence-corrected chi connectivity index (χ3v) is 2.29. The van der Waals surface area contributed by atoms with Gasteiger partial charge in [0.2, 0.25) is 0 Å². The van der Waals surface area contributed by atoms with Gasteiger partial charge in [-0.15, -0.1) is 23.7 Å². The molecule has 0 unspecified atom stereocenters. The summed E-state index contributed by atoms with van der Waals surface area (Å²) in [6.45, 7) is 4.23. The Labute approximate surface area is 70.9 Å². The highest BCUT2D eigenvalue weighted by atomic mass is 35.5. The van der Waals surface area contributed by atoms with Gasteiger partial charge in [-0.25, -0.2) is 4.98 Å². The van der Waals surface area contributed by atoms with Crippen LogP contribution >= 0.6 is 23.7 Å². The van der Waals surface area contributed by atoms with Crippen LogP contribution in [-0.2, 0) is 0 Å². The fourth-order valence-electron chi connectivity index (χ4n) is 0.696. The lowest BCUT2D eigenvalue weighted by Gasteiger charge is -1.98. The fourth-order valence-corrected chi connectivity index (χ4v) is 1.42. The van der Waals surface area contributed by atoms with Gasteiger partial charge in [0.05, 0.1) is 10.4 Å². The van der Waals surface area contributed by atoms with Crippen molar-refractivity contribution in [2.45, 2.75) is 19.8 Å². The van der Waals surface area contributed by atoms with E-state index >= 15 is 0 Å². The van der Waals surface area contributed by atoms with Crippen molar-refractivity contribution in [3.05, 3.63) is 10.4 Å². The van der Waals surface area contributed by atoms with Crippen LogP contribution in [0.3, 0.4) is 0 Å². The minimum Gasteiger partial charge on any atom is -0.383 e. The third kappa shape index (κ3) is 1.85. The predicted octanol–water partition coefficient (Wildman–Crippen LogP) is 2.27. The molecular weight excluding hydrogens is 168 g/mol. The molecule has 58 valence electrons. The number of nitrogens with two attached hydrogens (primary N) is 1. The van der Waals surface area contributed by atoms with Gasteiger partial charge in [0.15, 0.2) is 0 Å². The molecule has 0 amide bonds. The molecule has 0 bridgehead atoms. The summed E-state index contributed by atoms with van der Waals surface area (Å²) in [5.74, 6) is 1.20. The SMILES string of the molecule is CC(C)c1scnc1N.Cl. The first-order valence-electron chi connectivity index (χ1n) is 2.90. The third-order valence-electron chi connectivity index (χ3n) is 1.15. The molecule has 1 heterocycles. The zero-order valence-electron chi connectivity index (χ0n) is 6.00. The van der Waals surface area contributed by atoms with Crippen LogP contribution in [0.4, 0.5) is 5.82 Å². The lowest BCUT2D eigenvalue weighted by Crippen LogP contribution is -1.91. The molecule has 1 aromatic heterocycles. The molecule has 0 fully saturated rings. The maximum atomic E-state index is 5.54. The van der Waals surface area contributed by atoms with Crippen molar-refractivity contribution in [2.24, 2.45) is 0 Å². The molecule has 0 radical (unpaired) electrons. The molecule has 0 atom stereocenters. The van der Waals surface area contributed by atoms with Crippen LogP contribution in [-0.4, -0.2) is 4.98 Å². The topological polar surface area (TPSA) is 38.9 Å². The lowest BCUT2D eigenvalue weighted by atomic mass is 10.2. The predicted molar refractivity (Wildman–Crippen MR) is 47.9 cm³/mol. The van der Waals surface area contributed by atoms with Crippen LogP contribution in [0, 0.1) is 0 Å². The maximum Gasteiger partial charge on any atom is 0.137 e. The molecular formula is C6H11ClN2S. The highest BCUT2D eigenvalue weighted by molar-refractivity contribution is 7.10. The fraction of sp³-hybridized carbons (Fsp3) is 0.500. The van der Waals surface area contributed by atoms with Gasteiger partial charge in [-0.1, -0.05) is 13.8 Å². The molecule has 10 heavy (non-hydrogen) atoms. The number of rotatable bonds is 1. The minimum absolute atomic E-state index is 0. The first kappa shape index (κ1) is 9.72. The van der Waals surface area contributed by atoms with Crippen LogP contribution in [0.1, 0.15) is 24.6 Å². The monoisotopic (exact) mass is 178 g/mol. The molecule has 0 saturated carbocycles. The van der Waals surface area contributed by atoms with Crippen LogP contribution in [0.15, 0.2) is 5.51 Å². The van der Waals surface area contributed by atoms with Crippen LogP contribution < -0.4 is 5.73 Å². The number of halogens is 1. The van der Waals surface area contributed by atoms with E-state index in [4.69, 9.17) is 5.73 Å². The van der Waals surface area contributed by atoms with Crippen molar-refractivity contribution in [3.63, 3.8) is 0 Å². The Kier molecular flexibility index (Phi) is 3.68. The van der Waals surface area contributed by atoms with Gasteiger partial charge in [-0.05, 0) is 5.92 Å². The second-order valence-corrected chi connectivity index (χ2v) is 3.14. The summed E-state index contributed by atoms with van der Waals surface area (Å²) < 4.78 is 0. The van der Waals surface area contributed by atoms with Crippen molar-refractivity contribution >= 4 is 29.6 Å². The second-order valence-electron chi connectivity index (χ2n) is 2.26. The number of thiazole rings is 1. The first-order valence-corrected chi connectivity index (χ1v) is 3.78. The molecule has 0 aromatic carbocycles. The average molecular weight is 179 g/mol. The van der Waals surface area contributed by atoms with E-state index in [9.17, 15) is 0 Å². The molecule has 0 aliphatic carbocycles. The molecule has 1 rings (SSSR count). The molecule has 0 spiro atoms. The average Bonchev–Trinajstić information content (AvgIpc) is 2.13. The Morgan fingerprint density at radius 3 is 2.40 bits per heavy atom. The van der Waals surface area contributed by atoms with E-state index < -0.39 is 0 Å². The lowest BCUT2D eigenvalue weighted by molar-refractivity contribution is 0.889. The van der Waals surface area contributed by atoms with Crippen molar-refractivity contribution in [3.8, 4) is 0 Å². The Balaban J connectivity index is 0.000000810. The number of hydrogen-bond donors (Lipinski definition) is 1. The van der Waals surface area contributed by atoms with Gasteiger partial charge in [0.25, 0.3) is 0 Å². The van der Waals surface area contributed by atoms with Crippen LogP contribution in [0.5, 0.6) is 0 Å². The molecule has 0 saturated heterocycles. The number of hydrogen-bond acceptors (Lipinski definition) is 3. The summed E-state index contributed by atoms with van der Waals surface area (Å²) in [5, 5.41) is 0. The van der Waals surface area contributed by atoms with Crippen molar-refractivity contribution in [1.82, 2.24) is 4.98 Å². The summed E-state index contributed by atoms with van der Waals surface area (Å²) in [4.78, 5) is 5.12. The zero-order valence-corrected chi connectivity index (χ0v) is 7.63. The highest BCUT2D eigenvalue weighted by Gasteiger charge is 2.04. The maximum absolute atomic E-state index is 5.54. The van der Waals surface area contributed by atoms with E-state index in [1.807, 2.05) is 0 Å². The first-order chi connectivity index (χ1) is 4.22. The summed E-state index contributed by atoms with van der Waals surface area (Å²) in [7, 11) is 0. The summed E-state index contributed by atoms with van der Waals surface area (Å²) in [6.07, 6.45) is 0. The number of nitrogens with zero attached hydrogens (tertiary/aromatic N) is 1. The van der Waals surface area contributed by atoms with E-state index in [2.05, 4.69) is 18.8 Å². The molecule has 2 N–H and O–H groups in total. The van der Waals surface area contributed by atoms with E-state index in [1.54, 1.807) is 16.8 Å². The van der Waals surface area contributed by atoms with E-state index in [1.165, 1.54) is 4.88 Å². The van der Waals surface area contributed by atoms with E-state index in [-0.39, 0.29) is 12.4 Å². The van der Waals surface area contributed by atoms with E-state index in [0.717, 1.165) is 0 Å². The largest absolute Gasteiger partial charge is 0.383 e. The Hall–Kier alpha value is -0.280. The minimum atomic E-state index is 0. The molecule has 2 nitrogen and oxygen atoms in total. The van der Waals surface area contributed by atoms with Gasteiger partial charge in [0.1, 0.15) is 5.82 Å². The summed E-state index contributed by atoms with van der Waals surface area (Å²) in [5.41, 5.74) is 7.32. The Bertz CT molecular complexity index is 197. The van der Waals surface area contributed by atoms with Gasteiger partial charge in [-0.2, -0.15) is 0 Å². The van der Waals surface area contributed by atoms with Crippen LogP contribution in [0.2, 0.25) is 0 Å². The zero-order chi connectivity index (χ0) is 6.85. The second kappa shape index (κ2) is 3.78. The summed E-state index contributed by atoms with van der Waals surface area (Å²) >= 11 is 1.62. The molecule has 4 heteroatoms. The number of nitrogen functional groups attached to an aromatic ring is 1. The van der Waals surface area contributed by atoms with Gasteiger partial charge in [-0.3, -0.25) is 0 Å². The number of anilines is 1. The molecule has 0 aliphatic rings. The quantitative estimate of drug-likeness (QED) is 0.717. The Morgan fingerprint density at radius 2 is 2.20 bits per heavy atom. The normalized spacial score (nSPS) is 9.50. The Morgan fingerprint density at radius 1 is 1.60 bits per heavy atom. The highest BCUT2D eigenvalue weighted by Crippen LogP contribution is 2.24. The van der Waals surface area contributed by atoms with Gasteiger partial charge in [0, 0.05) is 0 Å². The number of aromatic nitrogens is 1. The van der Waals surface area contributed by atoms with Crippen molar-refractivity contribution in [1.29, 1.82) is 0 Å². The van der Waals surface area contributed by atoms with Crippen molar-refractivity contribution in [2.75, 3.05) is 5.73 Å². The van der Waals surface area contributed by atoms with Gasteiger partial charge >= 0.3 is 0 Å². The standard InChI is InChI=1S/C6H10N2S.ClH/c1-4(2)5-6(7)8-3-9-5;/h3-4H,7H2,1-2H3;1H. The van der Waals surface area contributed by atoms with Gasteiger partial charge < -0.3 is 5.73 Å². The molecule has 1 aromatic rings. The molecule has 0 aliphatic heterocycles. The van der Waals surface area contributed by atoms with Crippen molar-refractivity contribution < 1.29 is 0 Å². The summed E-state index contributed by atoms with van der Waals surface area (Å²) in [6, 6.07) is 0. The van der Waals surface area contributed by atoms with Crippen LogP contribution in [0.25, 0.3) is 0 Å². The van der Waals surface area contributed by atoms with E-state index in [0.29, 0.717) is 11.7 Å². The smallest absolute Gasteiger partial charge is 0.137 e.